The van der Waals surface area contributed by atoms with Crippen LogP contribution >= 0.6 is 34.3 Å². The Kier molecular flexibility index (Phi) is 5.17. The van der Waals surface area contributed by atoms with Gasteiger partial charge < -0.3 is 10.1 Å². The first kappa shape index (κ1) is 18.7. The number of thiophene rings is 2. The highest BCUT2D eigenvalue weighted by Crippen LogP contribution is 2.39. The summed E-state index contributed by atoms with van der Waals surface area (Å²) in [5.41, 5.74) is 1.93. The van der Waals surface area contributed by atoms with Crippen LogP contribution < -0.4 is 5.32 Å². The van der Waals surface area contributed by atoms with E-state index < -0.39 is 5.97 Å². The van der Waals surface area contributed by atoms with Crippen LogP contribution in [-0.4, -0.2) is 19.0 Å². The number of esters is 1. The van der Waals surface area contributed by atoms with Crippen LogP contribution in [0.5, 0.6) is 0 Å². The number of nitrogens with one attached hydrogen (secondary N) is 1. The van der Waals surface area contributed by atoms with Crippen LogP contribution in [0.25, 0.3) is 21.2 Å². The molecule has 7 heteroatoms. The quantitative estimate of drug-likeness (QED) is 0.387. The van der Waals surface area contributed by atoms with Crippen molar-refractivity contribution in [3.63, 3.8) is 0 Å². The molecule has 0 radical (unpaired) electrons. The van der Waals surface area contributed by atoms with Gasteiger partial charge in [-0.2, -0.15) is 0 Å². The first-order valence-corrected chi connectivity index (χ1v) is 10.4. The SMILES string of the molecule is COC(=O)c1c(-c2ccccc2)csc1NC(=O)c1sc2ccccc2c1Cl. The van der Waals surface area contributed by atoms with Crippen molar-refractivity contribution < 1.29 is 14.3 Å². The van der Waals surface area contributed by atoms with Crippen LogP contribution in [0, 0.1) is 0 Å². The molecule has 2 aromatic carbocycles. The summed E-state index contributed by atoms with van der Waals surface area (Å²) in [5, 5.41) is 6.36. The van der Waals surface area contributed by atoms with Gasteiger partial charge in [-0.1, -0.05) is 60.1 Å². The topological polar surface area (TPSA) is 55.4 Å². The fourth-order valence-corrected chi connectivity index (χ4v) is 5.27. The Morgan fingerprint density at radius 3 is 2.46 bits per heavy atom. The van der Waals surface area contributed by atoms with E-state index in [4.69, 9.17) is 16.3 Å². The van der Waals surface area contributed by atoms with Crippen LogP contribution in [0.2, 0.25) is 5.02 Å². The standard InChI is InChI=1S/C21H14ClNO3S2/c1-26-21(25)16-14(12-7-3-2-4-8-12)11-27-20(16)23-19(24)18-17(22)13-9-5-6-10-15(13)28-18/h2-11H,1H3,(H,23,24). The molecule has 4 aromatic rings. The van der Waals surface area contributed by atoms with E-state index in [0.29, 0.717) is 20.5 Å². The van der Waals surface area contributed by atoms with E-state index in [1.807, 2.05) is 60.0 Å². The zero-order valence-electron chi connectivity index (χ0n) is 14.7. The van der Waals surface area contributed by atoms with Crippen LogP contribution in [-0.2, 0) is 4.74 Å². The number of halogens is 1. The molecule has 0 fully saturated rings. The number of rotatable bonds is 4. The lowest BCUT2D eigenvalue weighted by Crippen LogP contribution is -2.13. The van der Waals surface area contributed by atoms with Crippen LogP contribution in [0.3, 0.4) is 0 Å². The normalized spacial score (nSPS) is 10.8. The number of ether oxygens (including phenoxy) is 1. The lowest BCUT2D eigenvalue weighted by Gasteiger charge is -2.07. The molecule has 0 aliphatic heterocycles. The third-order valence-corrected chi connectivity index (χ3v) is 6.80. The van der Waals surface area contributed by atoms with Gasteiger partial charge in [-0.05, 0) is 11.6 Å². The van der Waals surface area contributed by atoms with Crippen molar-refractivity contribution in [1.82, 2.24) is 0 Å². The Labute approximate surface area is 174 Å². The van der Waals surface area contributed by atoms with E-state index in [1.165, 1.54) is 29.8 Å². The smallest absolute Gasteiger partial charge is 0.341 e. The van der Waals surface area contributed by atoms with E-state index in [0.717, 1.165) is 21.2 Å². The lowest BCUT2D eigenvalue weighted by atomic mass is 10.0. The predicted molar refractivity (Wildman–Crippen MR) is 116 cm³/mol. The van der Waals surface area contributed by atoms with E-state index in [2.05, 4.69) is 5.32 Å². The molecule has 0 unspecified atom stereocenters. The second kappa shape index (κ2) is 7.75. The molecule has 0 aliphatic carbocycles. The van der Waals surface area contributed by atoms with Gasteiger partial charge in [0.2, 0.25) is 0 Å². The Morgan fingerprint density at radius 1 is 1.04 bits per heavy atom. The minimum absolute atomic E-state index is 0.337. The minimum atomic E-state index is -0.502. The number of amides is 1. The van der Waals surface area contributed by atoms with Crippen LogP contribution in [0.1, 0.15) is 20.0 Å². The van der Waals surface area contributed by atoms with Gasteiger partial charge in [0.1, 0.15) is 15.4 Å². The minimum Gasteiger partial charge on any atom is -0.465 e. The number of hydrogen-bond donors (Lipinski definition) is 1. The largest absolute Gasteiger partial charge is 0.465 e. The van der Waals surface area contributed by atoms with Gasteiger partial charge in [0.25, 0.3) is 5.91 Å². The molecule has 140 valence electrons. The van der Waals surface area contributed by atoms with Crippen molar-refractivity contribution in [3.8, 4) is 11.1 Å². The average molecular weight is 428 g/mol. The molecular weight excluding hydrogens is 414 g/mol. The monoisotopic (exact) mass is 427 g/mol. The van der Waals surface area contributed by atoms with Crippen molar-refractivity contribution >= 4 is 61.2 Å². The Balaban J connectivity index is 1.73. The summed E-state index contributed by atoms with van der Waals surface area (Å²) < 4.78 is 5.88. The Bertz CT molecular complexity index is 1180. The van der Waals surface area contributed by atoms with Gasteiger partial charge in [-0.3, -0.25) is 4.79 Å². The van der Waals surface area contributed by atoms with Gasteiger partial charge in [-0.25, -0.2) is 4.79 Å². The van der Waals surface area contributed by atoms with E-state index in [9.17, 15) is 9.59 Å². The molecule has 4 nitrogen and oxygen atoms in total. The van der Waals surface area contributed by atoms with Crippen LogP contribution in [0.4, 0.5) is 5.00 Å². The fraction of sp³-hybridized carbons (Fsp3) is 0.0476. The number of anilines is 1. The molecular formula is C21H14ClNO3S2. The van der Waals surface area contributed by atoms with Gasteiger partial charge in [0.15, 0.2) is 0 Å². The summed E-state index contributed by atoms with van der Waals surface area (Å²) in [6, 6.07) is 17.1. The predicted octanol–water partition coefficient (Wildman–Crippen LogP) is 6.32. The second-order valence-electron chi connectivity index (χ2n) is 5.91. The van der Waals surface area contributed by atoms with Gasteiger partial charge in [0.05, 0.1) is 12.1 Å². The lowest BCUT2D eigenvalue weighted by molar-refractivity contribution is 0.0603. The average Bonchev–Trinajstić information content (AvgIpc) is 3.29. The van der Waals surface area contributed by atoms with Crippen molar-refractivity contribution in [3.05, 3.63) is 75.4 Å². The number of carbonyl (C=O) groups excluding carboxylic acids is 2. The molecule has 28 heavy (non-hydrogen) atoms. The molecule has 1 N–H and O–H groups in total. The van der Waals surface area contributed by atoms with E-state index in [1.54, 1.807) is 0 Å². The third-order valence-electron chi connectivity index (χ3n) is 4.23. The summed E-state index contributed by atoms with van der Waals surface area (Å²) >= 11 is 9.01. The number of benzene rings is 2. The number of methoxy groups -OCH3 is 1. The summed E-state index contributed by atoms with van der Waals surface area (Å²) in [7, 11) is 1.32. The fourth-order valence-electron chi connectivity index (χ4n) is 2.90. The van der Waals surface area contributed by atoms with Crippen molar-refractivity contribution in [2.75, 3.05) is 12.4 Å². The number of fused-ring (bicyclic) bond motifs is 1. The summed E-state index contributed by atoms with van der Waals surface area (Å²) in [4.78, 5) is 25.7. The zero-order chi connectivity index (χ0) is 19.7. The van der Waals surface area contributed by atoms with Crippen molar-refractivity contribution in [1.29, 1.82) is 0 Å². The molecule has 0 spiro atoms. The first-order valence-electron chi connectivity index (χ1n) is 8.33. The highest BCUT2D eigenvalue weighted by atomic mass is 35.5. The molecule has 0 atom stereocenters. The maximum absolute atomic E-state index is 12.9. The molecule has 0 bridgehead atoms. The van der Waals surface area contributed by atoms with Gasteiger partial charge >= 0.3 is 5.97 Å². The zero-order valence-corrected chi connectivity index (χ0v) is 17.1. The molecule has 2 heterocycles. The number of carbonyl (C=O) groups is 2. The van der Waals surface area contributed by atoms with E-state index in [-0.39, 0.29) is 5.91 Å². The highest BCUT2D eigenvalue weighted by Gasteiger charge is 2.24. The Morgan fingerprint density at radius 2 is 1.75 bits per heavy atom. The first-order chi connectivity index (χ1) is 13.6. The number of hydrogen-bond acceptors (Lipinski definition) is 5. The summed E-state index contributed by atoms with van der Waals surface area (Å²) in [6.45, 7) is 0. The van der Waals surface area contributed by atoms with Crippen LogP contribution in [0.15, 0.2) is 60.0 Å². The molecule has 0 saturated heterocycles. The third kappa shape index (κ3) is 3.30. The molecule has 0 aliphatic rings. The molecule has 0 saturated carbocycles. The highest BCUT2D eigenvalue weighted by molar-refractivity contribution is 7.22. The van der Waals surface area contributed by atoms with Gasteiger partial charge in [-0.15, -0.1) is 22.7 Å². The maximum Gasteiger partial charge on any atom is 0.341 e. The molecule has 4 rings (SSSR count). The molecule has 1 amide bonds. The Hall–Kier alpha value is -2.67. The maximum atomic E-state index is 12.9. The summed E-state index contributed by atoms with van der Waals surface area (Å²) in [5.74, 6) is -0.851. The second-order valence-corrected chi connectivity index (χ2v) is 8.22. The van der Waals surface area contributed by atoms with Crippen molar-refractivity contribution in [2.24, 2.45) is 0 Å². The van der Waals surface area contributed by atoms with Gasteiger partial charge in [0, 0.05) is 21.0 Å². The van der Waals surface area contributed by atoms with E-state index >= 15 is 0 Å². The van der Waals surface area contributed by atoms with Crippen molar-refractivity contribution in [2.45, 2.75) is 0 Å². The molecule has 2 aromatic heterocycles. The summed E-state index contributed by atoms with van der Waals surface area (Å²) in [6.07, 6.45) is 0.